The second kappa shape index (κ2) is 6.94. The van der Waals surface area contributed by atoms with E-state index in [4.69, 9.17) is 5.73 Å². The number of nitrogens with zero attached hydrogens (tertiary/aromatic N) is 1. The smallest absolute Gasteiger partial charge is 0.251 e. The Morgan fingerprint density at radius 2 is 2.24 bits per heavy atom. The number of benzene rings is 1. The summed E-state index contributed by atoms with van der Waals surface area (Å²) in [6.45, 7) is 1.76. The van der Waals surface area contributed by atoms with E-state index in [0.717, 1.165) is 0 Å². The Morgan fingerprint density at radius 1 is 1.43 bits per heavy atom. The molecule has 0 aliphatic rings. The van der Waals surface area contributed by atoms with Crippen molar-refractivity contribution in [2.45, 2.75) is 18.5 Å². The van der Waals surface area contributed by atoms with Gasteiger partial charge >= 0.3 is 0 Å². The van der Waals surface area contributed by atoms with Gasteiger partial charge in [-0.05, 0) is 25.1 Å². The van der Waals surface area contributed by atoms with Gasteiger partial charge in [-0.1, -0.05) is 17.8 Å². The number of hydrogen-bond donors (Lipinski definition) is 3. The van der Waals surface area contributed by atoms with Gasteiger partial charge < -0.3 is 16.0 Å². The maximum Gasteiger partial charge on any atom is 0.251 e. The number of amides is 1. The van der Waals surface area contributed by atoms with E-state index >= 15 is 0 Å². The summed E-state index contributed by atoms with van der Waals surface area (Å²) in [7, 11) is 0. The number of nitrogens with one attached hydrogen (secondary N) is 2. The van der Waals surface area contributed by atoms with E-state index in [1.165, 1.54) is 17.8 Å². The zero-order valence-electron chi connectivity index (χ0n) is 11.6. The lowest BCUT2D eigenvalue weighted by Crippen LogP contribution is -2.13. The molecule has 0 fully saturated rings. The third kappa shape index (κ3) is 4.96. The molecular formula is C14H16N4O2S. The number of thioether (sulfide) groups is 1. The maximum atomic E-state index is 11.8. The van der Waals surface area contributed by atoms with Crippen molar-refractivity contribution in [1.82, 2.24) is 9.97 Å². The monoisotopic (exact) mass is 304 g/mol. The standard InChI is InChI=1S/C14H16N4O2S/c1-9-7-13(20)18-14(16-9)21-6-5-12(19)17-11-4-2-3-10(15)8-11/h2-4,7-8H,5-6,15H2,1H3,(H,17,19)(H,16,18,20). The van der Waals surface area contributed by atoms with Crippen LogP contribution in [0.5, 0.6) is 0 Å². The Hall–Kier alpha value is -2.28. The Bertz CT molecular complexity index is 699. The zero-order valence-corrected chi connectivity index (χ0v) is 12.4. The summed E-state index contributed by atoms with van der Waals surface area (Å²) in [5.41, 5.74) is 7.39. The Labute approximate surface area is 126 Å². The lowest BCUT2D eigenvalue weighted by Gasteiger charge is -2.05. The molecule has 0 saturated heterocycles. The van der Waals surface area contributed by atoms with Crippen LogP contribution in [-0.2, 0) is 4.79 Å². The SMILES string of the molecule is Cc1cc(=O)[nH]c(SCCC(=O)Nc2cccc(N)c2)n1. The number of nitrogen functional groups attached to an aromatic ring is 1. The predicted octanol–water partition coefficient (Wildman–Crippen LogP) is 1.78. The minimum atomic E-state index is -0.186. The molecule has 110 valence electrons. The van der Waals surface area contributed by atoms with Crippen LogP contribution in [0.1, 0.15) is 12.1 Å². The molecule has 2 rings (SSSR count). The summed E-state index contributed by atoms with van der Waals surface area (Å²) >= 11 is 1.34. The Morgan fingerprint density at radius 3 is 2.95 bits per heavy atom. The van der Waals surface area contributed by atoms with E-state index < -0.39 is 0 Å². The van der Waals surface area contributed by atoms with Crippen molar-refractivity contribution in [2.75, 3.05) is 16.8 Å². The van der Waals surface area contributed by atoms with Gasteiger partial charge in [0.1, 0.15) is 0 Å². The fourth-order valence-electron chi connectivity index (χ4n) is 1.70. The van der Waals surface area contributed by atoms with Crippen LogP contribution in [0.25, 0.3) is 0 Å². The average molecular weight is 304 g/mol. The van der Waals surface area contributed by atoms with Gasteiger partial charge in [-0.2, -0.15) is 0 Å². The quantitative estimate of drug-likeness (QED) is 0.444. The summed E-state index contributed by atoms with van der Waals surface area (Å²) in [6, 6.07) is 8.44. The highest BCUT2D eigenvalue weighted by Crippen LogP contribution is 2.15. The number of aryl methyl sites for hydroxylation is 1. The van der Waals surface area contributed by atoms with Crippen molar-refractivity contribution in [3.63, 3.8) is 0 Å². The highest BCUT2D eigenvalue weighted by atomic mass is 32.2. The minimum Gasteiger partial charge on any atom is -0.399 e. The number of carbonyl (C=O) groups is 1. The fraction of sp³-hybridized carbons (Fsp3) is 0.214. The van der Waals surface area contributed by atoms with Gasteiger partial charge in [-0.3, -0.25) is 9.59 Å². The molecule has 0 radical (unpaired) electrons. The molecule has 21 heavy (non-hydrogen) atoms. The van der Waals surface area contributed by atoms with Crippen LogP contribution >= 0.6 is 11.8 Å². The number of anilines is 2. The van der Waals surface area contributed by atoms with Gasteiger partial charge in [0.05, 0.1) is 0 Å². The molecule has 7 heteroatoms. The lowest BCUT2D eigenvalue weighted by atomic mass is 10.3. The van der Waals surface area contributed by atoms with E-state index in [1.54, 1.807) is 31.2 Å². The first kappa shape index (κ1) is 15.1. The summed E-state index contributed by atoms with van der Waals surface area (Å²) in [5.74, 6) is 0.420. The molecule has 0 unspecified atom stereocenters. The zero-order chi connectivity index (χ0) is 15.2. The van der Waals surface area contributed by atoms with Crippen LogP contribution in [0.4, 0.5) is 11.4 Å². The van der Waals surface area contributed by atoms with Crippen molar-refractivity contribution in [1.29, 1.82) is 0 Å². The van der Waals surface area contributed by atoms with E-state index in [1.807, 2.05) is 0 Å². The largest absolute Gasteiger partial charge is 0.399 e. The van der Waals surface area contributed by atoms with Crippen LogP contribution in [0.2, 0.25) is 0 Å². The van der Waals surface area contributed by atoms with Gasteiger partial charge in [0, 0.05) is 35.3 Å². The van der Waals surface area contributed by atoms with Crippen LogP contribution in [0, 0.1) is 6.92 Å². The van der Waals surface area contributed by atoms with Crippen molar-refractivity contribution >= 4 is 29.0 Å². The molecule has 0 bridgehead atoms. The number of hydrogen-bond acceptors (Lipinski definition) is 5. The number of H-pyrrole nitrogens is 1. The van der Waals surface area contributed by atoms with Gasteiger partial charge in [-0.25, -0.2) is 4.98 Å². The Balaban J connectivity index is 1.83. The third-order valence-corrected chi connectivity index (χ3v) is 3.46. The highest BCUT2D eigenvalue weighted by Gasteiger charge is 2.05. The van der Waals surface area contributed by atoms with Crippen LogP contribution in [0.3, 0.4) is 0 Å². The summed E-state index contributed by atoms with van der Waals surface area (Å²) in [5, 5.41) is 3.29. The Kier molecular flexibility index (Phi) is 4.99. The minimum absolute atomic E-state index is 0.108. The molecule has 0 spiro atoms. The lowest BCUT2D eigenvalue weighted by molar-refractivity contribution is -0.115. The van der Waals surface area contributed by atoms with E-state index in [9.17, 15) is 9.59 Å². The van der Waals surface area contributed by atoms with Crippen molar-refractivity contribution in [3.05, 3.63) is 46.4 Å². The first-order chi connectivity index (χ1) is 10.0. The molecule has 0 saturated carbocycles. The van der Waals surface area contributed by atoms with Gasteiger partial charge in [0.2, 0.25) is 5.91 Å². The number of nitrogens with two attached hydrogens (primary N) is 1. The summed E-state index contributed by atoms with van der Waals surface area (Å²) in [6.07, 6.45) is 0.317. The number of aromatic nitrogens is 2. The van der Waals surface area contributed by atoms with Gasteiger partial charge in [0.15, 0.2) is 5.16 Å². The number of rotatable bonds is 5. The highest BCUT2D eigenvalue weighted by molar-refractivity contribution is 7.99. The van der Waals surface area contributed by atoms with Crippen molar-refractivity contribution in [3.8, 4) is 0 Å². The molecular weight excluding hydrogens is 288 g/mol. The molecule has 0 atom stereocenters. The second-order valence-electron chi connectivity index (χ2n) is 4.46. The van der Waals surface area contributed by atoms with Gasteiger partial charge in [-0.15, -0.1) is 0 Å². The molecule has 6 nitrogen and oxygen atoms in total. The third-order valence-electron chi connectivity index (χ3n) is 2.59. The van der Waals surface area contributed by atoms with Crippen molar-refractivity contribution in [2.24, 2.45) is 0 Å². The van der Waals surface area contributed by atoms with E-state index in [0.29, 0.717) is 34.4 Å². The molecule has 4 N–H and O–H groups in total. The van der Waals surface area contributed by atoms with Crippen LogP contribution in [0.15, 0.2) is 40.3 Å². The second-order valence-corrected chi connectivity index (χ2v) is 5.55. The normalized spacial score (nSPS) is 10.3. The molecule has 1 amide bonds. The van der Waals surface area contributed by atoms with E-state index in [-0.39, 0.29) is 11.5 Å². The number of aromatic amines is 1. The van der Waals surface area contributed by atoms with Crippen LogP contribution in [-0.4, -0.2) is 21.6 Å². The molecule has 2 aromatic rings. The molecule has 0 aliphatic carbocycles. The summed E-state index contributed by atoms with van der Waals surface area (Å²) in [4.78, 5) is 29.9. The first-order valence-corrected chi connectivity index (χ1v) is 7.37. The molecule has 0 aliphatic heterocycles. The van der Waals surface area contributed by atoms with Gasteiger partial charge in [0.25, 0.3) is 5.56 Å². The topological polar surface area (TPSA) is 101 Å². The van der Waals surface area contributed by atoms with Crippen molar-refractivity contribution < 1.29 is 4.79 Å². The summed E-state index contributed by atoms with van der Waals surface area (Å²) < 4.78 is 0. The van der Waals surface area contributed by atoms with E-state index in [2.05, 4.69) is 15.3 Å². The molecule has 1 aromatic carbocycles. The molecule has 1 aromatic heterocycles. The fourth-order valence-corrected chi connectivity index (χ4v) is 2.56. The first-order valence-electron chi connectivity index (χ1n) is 6.39. The predicted molar refractivity (Wildman–Crippen MR) is 84.4 cm³/mol. The maximum absolute atomic E-state index is 11.8. The van der Waals surface area contributed by atoms with Crippen LogP contribution < -0.4 is 16.6 Å². The molecule has 1 heterocycles. The number of carbonyl (C=O) groups excluding carboxylic acids is 1. The average Bonchev–Trinajstić information content (AvgIpc) is 2.37.